The summed E-state index contributed by atoms with van der Waals surface area (Å²) in [7, 11) is 1.83. The summed E-state index contributed by atoms with van der Waals surface area (Å²) in [5, 5.41) is 12.2. The van der Waals surface area contributed by atoms with Crippen LogP contribution in [0.4, 0.5) is 0 Å². The summed E-state index contributed by atoms with van der Waals surface area (Å²) in [6.07, 6.45) is 11.4. The van der Waals surface area contributed by atoms with E-state index in [1.54, 1.807) is 38.9 Å². The van der Waals surface area contributed by atoms with Crippen LogP contribution < -0.4 is 0 Å². The molecule has 216 valence electrons. The molecular weight excluding hydrogens is 538 g/mol. The van der Waals surface area contributed by atoms with Crippen LogP contribution >= 0.6 is 0 Å². The normalized spacial score (nSPS) is 13.6. The Bertz CT molecular complexity index is 1710. The van der Waals surface area contributed by atoms with Gasteiger partial charge in [0, 0.05) is 50.9 Å². The molecule has 0 aliphatic carbocycles. The Labute approximate surface area is 250 Å². The summed E-state index contributed by atoms with van der Waals surface area (Å²) in [4.78, 5) is 32.0. The number of carbonyl (C=O) groups is 2. The number of hydrogen-bond donors (Lipinski definition) is 0. The molecule has 0 saturated carbocycles. The van der Waals surface area contributed by atoms with Gasteiger partial charge in [-0.05, 0) is 46.9 Å². The average molecular weight is 572 g/mol. The molecule has 0 bridgehead atoms. The third kappa shape index (κ3) is 6.62. The average Bonchev–Trinajstić information content (AvgIpc) is 3.74. The highest BCUT2D eigenvalue weighted by Gasteiger charge is 2.34. The minimum atomic E-state index is -0.700. The first kappa shape index (κ1) is 27.8. The maximum atomic E-state index is 14.4. The van der Waals surface area contributed by atoms with Crippen molar-refractivity contribution in [2.45, 2.75) is 32.0 Å². The maximum absolute atomic E-state index is 14.4. The molecule has 0 N–H and O–H groups in total. The summed E-state index contributed by atoms with van der Waals surface area (Å²) < 4.78 is 3.37. The molecule has 0 radical (unpaired) electrons. The summed E-state index contributed by atoms with van der Waals surface area (Å²) in [5.41, 5.74) is 5.99. The van der Waals surface area contributed by atoms with E-state index in [1.807, 2.05) is 84.9 Å². The highest BCUT2D eigenvalue weighted by atomic mass is 16.2. The van der Waals surface area contributed by atoms with Gasteiger partial charge >= 0.3 is 0 Å². The molecule has 3 heterocycles. The largest absolute Gasteiger partial charge is 0.336 e. The lowest BCUT2D eigenvalue weighted by molar-refractivity contribution is -0.144. The molecule has 1 aliphatic heterocycles. The summed E-state index contributed by atoms with van der Waals surface area (Å²) >= 11 is 0. The van der Waals surface area contributed by atoms with Crippen molar-refractivity contribution >= 4 is 17.9 Å². The second kappa shape index (κ2) is 12.7. The monoisotopic (exact) mass is 571 g/mol. The van der Waals surface area contributed by atoms with Gasteiger partial charge in [0.1, 0.15) is 6.04 Å². The van der Waals surface area contributed by atoms with E-state index in [4.69, 9.17) is 0 Å². The molecular formula is C34H33N7O2. The van der Waals surface area contributed by atoms with E-state index in [-0.39, 0.29) is 18.4 Å². The number of rotatable bonds is 9. The molecule has 0 fully saturated rings. The molecule has 5 aromatic rings. The fourth-order valence-electron chi connectivity index (χ4n) is 5.49. The zero-order valence-electron chi connectivity index (χ0n) is 24.0. The standard InChI is InChI=1S/C34H33N7O2/c1-38-23-28(22-36-38)13-16-33(42)40(24-27-11-14-31(15-12-27)41-20-18-35-37-41)32(21-26-7-3-2-4-8-26)34(43)39-19-17-29-9-5-6-10-30(29)25-39/h2-16,18,20,22-23,32H,17,19,21,24-25H2,1H3. The topological polar surface area (TPSA) is 89.2 Å². The fraction of sp³-hybridized carbons (Fsp3) is 0.206. The van der Waals surface area contributed by atoms with Crippen LogP contribution in [0.2, 0.25) is 0 Å². The number of amides is 2. The van der Waals surface area contributed by atoms with Crippen molar-refractivity contribution in [1.82, 2.24) is 34.6 Å². The van der Waals surface area contributed by atoms with Gasteiger partial charge in [-0.1, -0.05) is 71.9 Å². The number of carbonyl (C=O) groups excluding carboxylic acids is 2. The van der Waals surface area contributed by atoms with Gasteiger partial charge in [-0.15, -0.1) is 5.10 Å². The Morgan fingerprint density at radius 3 is 2.44 bits per heavy atom. The van der Waals surface area contributed by atoms with Crippen molar-refractivity contribution in [2.75, 3.05) is 6.54 Å². The maximum Gasteiger partial charge on any atom is 0.247 e. The molecule has 2 aromatic heterocycles. The molecule has 0 saturated heterocycles. The lowest BCUT2D eigenvalue weighted by Crippen LogP contribution is -2.52. The second-order valence-electron chi connectivity index (χ2n) is 10.7. The van der Waals surface area contributed by atoms with Crippen LogP contribution in [0.1, 0.15) is 27.8 Å². The molecule has 43 heavy (non-hydrogen) atoms. The van der Waals surface area contributed by atoms with E-state index in [1.165, 1.54) is 11.6 Å². The zero-order valence-corrected chi connectivity index (χ0v) is 24.0. The number of hydrogen-bond acceptors (Lipinski definition) is 5. The Morgan fingerprint density at radius 2 is 1.72 bits per heavy atom. The Kier molecular flexibility index (Phi) is 8.21. The predicted molar refractivity (Wildman–Crippen MR) is 164 cm³/mol. The third-order valence-corrected chi connectivity index (χ3v) is 7.78. The molecule has 9 heteroatoms. The van der Waals surface area contributed by atoms with E-state index in [0.717, 1.165) is 34.4 Å². The Morgan fingerprint density at radius 1 is 0.953 bits per heavy atom. The van der Waals surface area contributed by atoms with Crippen molar-refractivity contribution in [3.8, 4) is 5.69 Å². The van der Waals surface area contributed by atoms with Gasteiger partial charge in [0.05, 0.1) is 24.3 Å². The molecule has 6 rings (SSSR count). The van der Waals surface area contributed by atoms with Crippen LogP contribution in [0.15, 0.2) is 110 Å². The first-order chi connectivity index (χ1) is 21.0. The number of benzene rings is 3. The number of nitrogens with zero attached hydrogens (tertiary/aromatic N) is 7. The lowest BCUT2D eigenvalue weighted by Gasteiger charge is -2.37. The molecule has 1 atom stereocenters. The highest BCUT2D eigenvalue weighted by Crippen LogP contribution is 2.23. The smallest absolute Gasteiger partial charge is 0.247 e. The van der Waals surface area contributed by atoms with E-state index in [0.29, 0.717) is 19.5 Å². The van der Waals surface area contributed by atoms with Gasteiger partial charge in [0.2, 0.25) is 11.8 Å². The molecule has 1 aliphatic rings. The highest BCUT2D eigenvalue weighted by molar-refractivity contribution is 5.95. The fourth-order valence-corrected chi connectivity index (χ4v) is 5.49. The van der Waals surface area contributed by atoms with Gasteiger partial charge in [0.15, 0.2) is 0 Å². The SMILES string of the molecule is Cn1cc(C=CC(=O)N(Cc2ccc(-n3ccnn3)cc2)C(Cc2ccccc2)C(=O)N2CCc3ccccc3C2)cn1. The predicted octanol–water partition coefficient (Wildman–Crippen LogP) is 4.24. The van der Waals surface area contributed by atoms with Crippen molar-refractivity contribution < 1.29 is 9.59 Å². The molecule has 0 spiro atoms. The minimum Gasteiger partial charge on any atom is -0.336 e. The first-order valence-corrected chi connectivity index (χ1v) is 14.4. The van der Waals surface area contributed by atoms with Gasteiger partial charge in [0.25, 0.3) is 0 Å². The molecule has 1 unspecified atom stereocenters. The van der Waals surface area contributed by atoms with E-state index >= 15 is 0 Å². The van der Waals surface area contributed by atoms with Crippen LogP contribution in [-0.4, -0.2) is 59.0 Å². The van der Waals surface area contributed by atoms with Crippen molar-refractivity contribution in [1.29, 1.82) is 0 Å². The quantitative estimate of drug-likeness (QED) is 0.247. The van der Waals surface area contributed by atoms with Crippen molar-refractivity contribution in [3.05, 3.63) is 138 Å². The first-order valence-electron chi connectivity index (χ1n) is 14.4. The molecule has 3 aromatic carbocycles. The zero-order chi connectivity index (χ0) is 29.6. The Balaban J connectivity index is 1.34. The second-order valence-corrected chi connectivity index (χ2v) is 10.7. The number of aryl methyl sites for hydroxylation is 1. The molecule has 9 nitrogen and oxygen atoms in total. The number of aromatic nitrogens is 5. The van der Waals surface area contributed by atoms with Gasteiger partial charge in [-0.3, -0.25) is 14.3 Å². The van der Waals surface area contributed by atoms with Gasteiger partial charge in [-0.2, -0.15) is 5.10 Å². The van der Waals surface area contributed by atoms with E-state index in [9.17, 15) is 9.59 Å². The van der Waals surface area contributed by atoms with Crippen LogP contribution in [-0.2, 0) is 42.6 Å². The van der Waals surface area contributed by atoms with Crippen molar-refractivity contribution in [3.63, 3.8) is 0 Å². The van der Waals surface area contributed by atoms with Crippen LogP contribution in [0, 0.1) is 0 Å². The number of fused-ring (bicyclic) bond motifs is 1. The summed E-state index contributed by atoms with van der Waals surface area (Å²) in [5.74, 6) is -0.295. The summed E-state index contributed by atoms with van der Waals surface area (Å²) in [6.45, 7) is 1.41. The third-order valence-electron chi connectivity index (χ3n) is 7.78. The minimum absolute atomic E-state index is 0.0549. The van der Waals surface area contributed by atoms with Crippen LogP contribution in [0.25, 0.3) is 11.8 Å². The molecule has 2 amide bonds. The van der Waals surface area contributed by atoms with E-state index < -0.39 is 6.04 Å². The Hall–Kier alpha value is -5.31. The van der Waals surface area contributed by atoms with Gasteiger partial charge in [-0.25, -0.2) is 4.68 Å². The van der Waals surface area contributed by atoms with Crippen molar-refractivity contribution in [2.24, 2.45) is 7.05 Å². The van der Waals surface area contributed by atoms with E-state index in [2.05, 4.69) is 27.5 Å². The van der Waals surface area contributed by atoms with Crippen LogP contribution in [0.3, 0.4) is 0 Å². The van der Waals surface area contributed by atoms with Crippen LogP contribution in [0.5, 0.6) is 0 Å². The van der Waals surface area contributed by atoms with Gasteiger partial charge < -0.3 is 9.80 Å². The summed E-state index contributed by atoms with van der Waals surface area (Å²) in [6, 6.07) is 25.3. The lowest BCUT2D eigenvalue weighted by atomic mass is 9.97.